The first-order valence-corrected chi connectivity index (χ1v) is 9.74. The number of hydrogen-bond donors (Lipinski definition) is 0. The Bertz CT molecular complexity index is 936. The van der Waals surface area contributed by atoms with Crippen LogP contribution in [0.2, 0.25) is 0 Å². The summed E-state index contributed by atoms with van der Waals surface area (Å²) in [4.78, 5) is 25.9. The number of aromatic nitrogens is 2. The number of alkyl halides is 3. The maximum atomic E-state index is 12.6. The summed E-state index contributed by atoms with van der Waals surface area (Å²) in [6.07, 6.45) is 1.02. The van der Waals surface area contributed by atoms with E-state index in [1.54, 1.807) is 0 Å². The fourth-order valence-electron chi connectivity index (χ4n) is 3.84. The third kappa shape index (κ3) is 4.38. The highest BCUT2D eigenvalue weighted by Crippen LogP contribution is 2.37. The number of carbonyl (C=O) groups is 2. The number of carbonyl (C=O) groups excluding carboxylic acids is 2. The number of esters is 1. The molecule has 0 N–H and O–H groups in total. The molecule has 0 radical (unpaired) electrons. The van der Waals surface area contributed by atoms with Gasteiger partial charge in [0.25, 0.3) is 0 Å². The minimum Gasteiger partial charge on any atom is -0.449 e. The number of halogens is 3. The van der Waals surface area contributed by atoms with Gasteiger partial charge in [-0.2, -0.15) is 18.3 Å². The van der Waals surface area contributed by atoms with Gasteiger partial charge in [-0.1, -0.05) is 19.1 Å². The summed E-state index contributed by atoms with van der Waals surface area (Å²) < 4.78 is 43.1. The summed E-state index contributed by atoms with van der Waals surface area (Å²) >= 11 is 0. The summed E-state index contributed by atoms with van der Waals surface area (Å²) in [5, 5.41) is 5.60. The van der Waals surface area contributed by atoms with E-state index in [4.69, 9.17) is 0 Å². The first-order chi connectivity index (χ1) is 13.7. The standard InChI is InChI=1S/C20H22F3N3O3/c1-12-2-7-17(25(9-12)18(27)19(28)29-11-20(21,22)23)13-3-4-14-10-26(15-5-6-15)24-16(14)8-13/h3-4,8,10,12,15,17H,2,5-7,9,11H2,1H3. The molecule has 1 saturated carbocycles. The molecule has 6 nitrogen and oxygen atoms in total. The molecule has 4 rings (SSSR count). The van der Waals surface area contributed by atoms with Gasteiger partial charge in [0.05, 0.1) is 17.6 Å². The molecule has 1 aliphatic heterocycles. The largest absolute Gasteiger partial charge is 0.449 e. The van der Waals surface area contributed by atoms with Crippen LogP contribution in [0, 0.1) is 5.92 Å². The van der Waals surface area contributed by atoms with Crippen LogP contribution in [0.4, 0.5) is 13.2 Å². The van der Waals surface area contributed by atoms with E-state index in [2.05, 4.69) is 9.84 Å². The number of amides is 1. The predicted molar refractivity (Wildman–Crippen MR) is 97.9 cm³/mol. The van der Waals surface area contributed by atoms with Crippen LogP contribution in [-0.2, 0) is 14.3 Å². The van der Waals surface area contributed by atoms with Crippen LogP contribution in [0.3, 0.4) is 0 Å². The molecule has 29 heavy (non-hydrogen) atoms. The Morgan fingerprint density at radius 1 is 1.21 bits per heavy atom. The molecule has 1 aliphatic carbocycles. The Hall–Kier alpha value is -2.58. The number of piperidine rings is 1. The molecule has 2 heterocycles. The van der Waals surface area contributed by atoms with Gasteiger partial charge >= 0.3 is 18.1 Å². The van der Waals surface area contributed by atoms with Crippen molar-refractivity contribution in [3.8, 4) is 0 Å². The van der Waals surface area contributed by atoms with E-state index in [0.717, 1.165) is 35.7 Å². The Balaban J connectivity index is 1.56. The van der Waals surface area contributed by atoms with Crippen LogP contribution in [0.15, 0.2) is 24.4 Å². The minimum absolute atomic E-state index is 0.142. The van der Waals surface area contributed by atoms with Gasteiger partial charge in [-0.05, 0) is 43.2 Å². The van der Waals surface area contributed by atoms with Crippen LogP contribution in [-0.4, -0.2) is 45.9 Å². The predicted octanol–water partition coefficient (Wildman–Crippen LogP) is 3.78. The number of likely N-dealkylation sites (tertiary alicyclic amines) is 1. The Morgan fingerprint density at radius 3 is 2.66 bits per heavy atom. The molecule has 1 amide bonds. The van der Waals surface area contributed by atoms with Crippen molar-refractivity contribution in [2.24, 2.45) is 5.92 Å². The molecule has 2 atom stereocenters. The molecule has 2 aromatic rings. The molecule has 1 aromatic heterocycles. The van der Waals surface area contributed by atoms with Crippen molar-refractivity contribution in [1.82, 2.24) is 14.7 Å². The molecular formula is C20H22F3N3O3. The molecule has 0 bridgehead atoms. The second kappa shape index (κ2) is 7.35. The van der Waals surface area contributed by atoms with Crippen molar-refractivity contribution in [3.05, 3.63) is 30.0 Å². The van der Waals surface area contributed by atoms with Crippen LogP contribution < -0.4 is 0 Å². The highest BCUT2D eigenvalue weighted by molar-refractivity contribution is 6.32. The van der Waals surface area contributed by atoms with Crippen molar-refractivity contribution in [1.29, 1.82) is 0 Å². The van der Waals surface area contributed by atoms with Gasteiger partial charge in [-0.15, -0.1) is 0 Å². The van der Waals surface area contributed by atoms with E-state index in [9.17, 15) is 22.8 Å². The normalized spacial score (nSPS) is 22.7. The maximum absolute atomic E-state index is 12.6. The lowest BCUT2D eigenvalue weighted by Crippen LogP contribution is -2.45. The van der Waals surface area contributed by atoms with Crippen molar-refractivity contribution < 1.29 is 27.5 Å². The number of rotatable bonds is 3. The third-order valence-corrected chi connectivity index (χ3v) is 5.47. The molecule has 9 heteroatoms. The SMILES string of the molecule is CC1CCC(c2ccc3cn(C4CC4)nc3c2)N(C(=O)C(=O)OCC(F)(F)F)C1. The van der Waals surface area contributed by atoms with Gasteiger partial charge in [0.15, 0.2) is 6.61 Å². The summed E-state index contributed by atoms with van der Waals surface area (Å²) in [5.41, 5.74) is 1.63. The fraction of sp³-hybridized carbons (Fsp3) is 0.550. The maximum Gasteiger partial charge on any atom is 0.422 e. The number of fused-ring (bicyclic) bond motifs is 1. The highest BCUT2D eigenvalue weighted by Gasteiger charge is 2.37. The zero-order chi connectivity index (χ0) is 20.8. The summed E-state index contributed by atoms with van der Waals surface area (Å²) in [6, 6.07) is 5.77. The van der Waals surface area contributed by atoms with E-state index >= 15 is 0 Å². The number of ether oxygens (including phenoxy) is 1. The van der Waals surface area contributed by atoms with Gasteiger partial charge in [0, 0.05) is 18.1 Å². The summed E-state index contributed by atoms with van der Waals surface area (Å²) in [7, 11) is 0. The van der Waals surface area contributed by atoms with Crippen LogP contribution >= 0.6 is 0 Å². The first-order valence-electron chi connectivity index (χ1n) is 9.74. The minimum atomic E-state index is -4.67. The van der Waals surface area contributed by atoms with Crippen molar-refractivity contribution >= 4 is 22.8 Å². The first kappa shape index (κ1) is 19.7. The zero-order valence-electron chi connectivity index (χ0n) is 16.0. The Labute approximate surface area is 165 Å². The van der Waals surface area contributed by atoms with Crippen molar-refractivity contribution in [2.75, 3.05) is 13.2 Å². The van der Waals surface area contributed by atoms with Gasteiger partial charge in [0.2, 0.25) is 0 Å². The van der Waals surface area contributed by atoms with E-state index in [0.29, 0.717) is 19.0 Å². The second-order valence-corrected chi connectivity index (χ2v) is 8.01. The smallest absolute Gasteiger partial charge is 0.422 e. The fourth-order valence-corrected chi connectivity index (χ4v) is 3.84. The molecule has 2 unspecified atom stereocenters. The Morgan fingerprint density at radius 2 is 1.97 bits per heavy atom. The van der Waals surface area contributed by atoms with E-state index in [1.807, 2.05) is 36.0 Å². The van der Waals surface area contributed by atoms with Gasteiger partial charge in [-0.3, -0.25) is 9.48 Å². The molecule has 1 saturated heterocycles. The lowest BCUT2D eigenvalue weighted by Gasteiger charge is -2.38. The van der Waals surface area contributed by atoms with E-state index in [1.165, 1.54) is 4.90 Å². The van der Waals surface area contributed by atoms with Crippen LogP contribution in [0.5, 0.6) is 0 Å². The zero-order valence-corrected chi connectivity index (χ0v) is 16.0. The van der Waals surface area contributed by atoms with Crippen molar-refractivity contribution in [2.45, 2.75) is 50.9 Å². The molecule has 156 valence electrons. The van der Waals surface area contributed by atoms with E-state index < -0.39 is 30.7 Å². The summed E-state index contributed by atoms with van der Waals surface area (Å²) in [5.74, 6) is -2.36. The number of nitrogens with zero attached hydrogens (tertiary/aromatic N) is 3. The lowest BCUT2D eigenvalue weighted by atomic mass is 9.89. The topological polar surface area (TPSA) is 64.4 Å². The molecule has 2 fully saturated rings. The Kier molecular flexibility index (Phi) is 5.00. The number of benzene rings is 1. The molecule has 2 aliphatic rings. The second-order valence-electron chi connectivity index (χ2n) is 8.01. The third-order valence-electron chi connectivity index (χ3n) is 5.47. The van der Waals surface area contributed by atoms with Crippen LogP contribution in [0.25, 0.3) is 10.9 Å². The molecule has 0 spiro atoms. The lowest BCUT2D eigenvalue weighted by molar-refractivity contribution is -0.190. The van der Waals surface area contributed by atoms with Crippen molar-refractivity contribution in [3.63, 3.8) is 0 Å². The van der Waals surface area contributed by atoms with E-state index in [-0.39, 0.29) is 5.92 Å². The average molecular weight is 409 g/mol. The quantitative estimate of drug-likeness (QED) is 0.572. The summed E-state index contributed by atoms with van der Waals surface area (Å²) in [6.45, 7) is 0.466. The number of hydrogen-bond acceptors (Lipinski definition) is 4. The monoisotopic (exact) mass is 409 g/mol. The van der Waals surface area contributed by atoms with Gasteiger partial charge in [0.1, 0.15) is 0 Å². The molecular weight excluding hydrogens is 387 g/mol. The van der Waals surface area contributed by atoms with Crippen LogP contribution in [0.1, 0.15) is 50.3 Å². The average Bonchev–Trinajstić information content (AvgIpc) is 3.43. The van der Waals surface area contributed by atoms with Gasteiger partial charge in [-0.25, -0.2) is 4.79 Å². The highest BCUT2D eigenvalue weighted by atomic mass is 19.4. The van der Waals surface area contributed by atoms with Gasteiger partial charge < -0.3 is 9.64 Å². The molecule has 1 aromatic carbocycles.